The predicted molar refractivity (Wildman–Crippen MR) is 106 cm³/mol. The van der Waals surface area contributed by atoms with Gasteiger partial charge in [0.15, 0.2) is 0 Å². The molecule has 27 heavy (non-hydrogen) atoms. The van der Waals surface area contributed by atoms with Crippen LogP contribution in [0.3, 0.4) is 0 Å². The largest absolute Gasteiger partial charge is 0.465 e. The van der Waals surface area contributed by atoms with E-state index in [2.05, 4.69) is 16.4 Å². The quantitative estimate of drug-likeness (QED) is 0.680. The van der Waals surface area contributed by atoms with Crippen LogP contribution in [0.2, 0.25) is 0 Å². The fourth-order valence-electron chi connectivity index (χ4n) is 3.70. The van der Waals surface area contributed by atoms with Gasteiger partial charge in [-0.3, -0.25) is 4.79 Å². The van der Waals surface area contributed by atoms with E-state index in [1.54, 1.807) is 17.4 Å². The molecule has 1 aromatic carbocycles. The number of hydrogen-bond donors (Lipinski definition) is 1. The number of nitrogens with one attached hydrogen (secondary N) is 1. The van der Waals surface area contributed by atoms with Gasteiger partial charge in [-0.15, -0.1) is 11.3 Å². The van der Waals surface area contributed by atoms with Gasteiger partial charge in [0.05, 0.1) is 12.7 Å². The number of benzene rings is 1. The number of carbonyl (C=O) groups is 2. The Balaban J connectivity index is 1.47. The summed E-state index contributed by atoms with van der Waals surface area (Å²) in [5, 5.41) is 3.08. The smallest absolute Gasteiger partial charge is 0.337 e. The molecule has 2 aromatic heterocycles. The number of thiophene rings is 1. The number of methoxy groups -OCH3 is 1. The van der Waals surface area contributed by atoms with Gasteiger partial charge in [0.1, 0.15) is 0 Å². The number of fused-ring (bicyclic) bond motifs is 3. The zero-order valence-electron chi connectivity index (χ0n) is 15.3. The van der Waals surface area contributed by atoms with Crippen molar-refractivity contribution in [2.45, 2.75) is 32.2 Å². The molecule has 0 bridgehead atoms. The fourth-order valence-corrected chi connectivity index (χ4v) is 4.45. The molecule has 1 aliphatic rings. The molecule has 0 saturated carbocycles. The van der Waals surface area contributed by atoms with Crippen LogP contribution in [0, 0.1) is 0 Å². The number of hydrogen-bond acceptors (Lipinski definition) is 4. The standard InChI is InChI=1S/C21H22N2O3S/c1-26-21(25)14-7-8-18-16(12-14)17-13-23(10-9-19(17)22-18)20(24)6-2-4-15-5-3-11-27-15/h3,5,7-8,11-12,22H,2,4,6,9-10,13H2,1H3. The molecular formula is C21H22N2O3S. The van der Waals surface area contributed by atoms with Crippen molar-refractivity contribution in [3.8, 4) is 0 Å². The van der Waals surface area contributed by atoms with Gasteiger partial charge in [0.2, 0.25) is 5.91 Å². The molecule has 3 heterocycles. The number of esters is 1. The van der Waals surface area contributed by atoms with Crippen LogP contribution in [-0.2, 0) is 28.9 Å². The van der Waals surface area contributed by atoms with Gasteiger partial charge in [-0.25, -0.2) is 4.79 Å². The molecule has 1 aliphatic heterocycles. The maximum absolute atomic E-state index is 12.7. The van der Waals surface area contributed by atoms with Crippen molar-refractivity contribution in [3.63, 3.8) is 0 Å². The number of H-pyrrole nitrogens is 1. The zero-order chi connectivity index (χ0) is 18.8. The fraction of sp³-hybridized carbons (Fsp3) is 0.333. The van der Waals surface area contributed by atoms with Gasteiger partial charge in [0.25, 0.3) is 0 Å². The zero-order valence-corrected chi connectivity index (χ0v) is 16.1. The highest BCUT2D eigenvalue weighted by Gasteiger charge is 2.24. The average Bonchev–Trinajstić information content (AvgIpc) is 3.33. The van der Waals surface area contributed by atoms with Crippen molar-refractivity contribution < 1.29 is 14.3 Å². The van der Waals surface area contributed by atoms with Crippen LogP contribution in [0.25, 0.3) is 10.9 Å². The summed E-state index contributed by atoms with van der Waals surface area (Å²) < 4.78 is 4.83. The highest BCUT2D eigenvalue weighted by molar-refractivity contribution is 7.09. The van der Waals surface area contributed by atoms with Crippen molar-refractivity contribution >= 4 is 34.1 Å². The molecule has 1 N–H and O–H groups in total. The van der Waals surface area contributed by atoms with E-state index in [4.69, 9.17) is 4.74 Å². The highest BCUT2D eigenvalue weighted by atomic mass is 32.1. The van der Waals surface area contributed by atoms with Crippen LogP contribution in [0.4, 0.5) is 0 Å². The van der Waals surface area contributed by atoms with Crippen LogP contribution < -0.4 is 0 Å². The molecule has 4 rings (SSSR count). The summed E-state index contributed by atoms with van der Waals surface area (Å²) in [5.41, 5.74) is 3.81. The average molecular weight is 382 g/mol. The lowest BCUT2D eigenvalue weighted by Crippen LogP contribution is -2.35. The lowest BCUT2D eigenvalue weighted by molar-refractivity contribution is -0.132. The van der Waals surface area contributed by atoms with Crippen LogP contribution in [0.5, 0.6) is 0 Å². The van der Waals surface area contributed by atoms with Crippen molar-refractivity contribution in [1.29, 1.82) is 0 Å². The van der Waals surface area contributed by atoms with Gasteiger partial charge in [-0.05, 0) is 42.5 Å². The minimum absolute atomic E-state index is 0.204. The number of amides is 1. The third-order valence-electron chi connectivity index (χ3n) is 5.14. The number of rotatable bonds is 5. The first kappa shape index (κ1) is 17.8. The number of nitrogens with zero attached hydrogens (tertiary/aromatic N) is 1. The molecule has 1 amide bonds. The second kappa shape index (κ2) is 7.56. The van der Waals surface area contributed by atoms with Gasteiger partial charge in [0, 0.05) is 53.0 Å². The Morgan fingerprint density at radius 1 is 1.30 bits per heavy atom. The first-order valence-corrected chi connectivity index (χ1v) is 10.1. The molecule has 6 heteroatoms. The van der Waals surface area contributed by atoms with Crippen LogP contribution in [0.1, 0.15) is 39.3 Å². The molecule has 0 unspecified atom stereocenters. The Hall–Kier alpha value is -2.60. The van der Waals surface area contributed by atoms with Crippen LogP contribution in [-0.4, -0.2) is 35.4 Å². The van der Waals surface area contributed by atoms with Crippen molar-refractivity contribution in [2.24, 2.45) is 0 Å². The van der Waals surface area contributed by atoms with Crippen LogP contribution in [0.15, 0.2) is 35.7 Å². The predicted octanol–water partition coefficient (Wildman–Crippen LogP) is 3.92. The summed E-state index contributed by atoms with van der Waals surface area (Å²) in [4.78, 5) is 31.2. The Labute approximate surface area is 161 Å². The third-order valence-corrected chi connectivity index (χ3v) is 6.08. The maximum Gasteiger partial charge on any atom is 0.337 e. The Morgan fingerprint density at radius 2 is 2.19 bits per heavy atom. The molecule has 0 spiro atoms. The summed E-state index contributed by atoms with van der Waals surface area (Å²) >= 11 is 1.74. The second-order valence-corrected chi connectivity index (χ2v) is 7.86. The van der Waals surface area contributed by atoms with Crippen molar-refractivity contribution in [3.05, 3.63) is 57.4 Å². The van der Waals surface area contributed by atoms with E-state index in [0.29, 0.717) is 18.5 Å². The molecule has 0 fully saturated rings. The van der Waals surface area contributed by atoms with E-state index in [1.807, 2.05) is 23.1 Å². The van der Waals surface area contributed by atoms with E-state index in [1.165, 1.54) is 12.0 Å². The first-order chi connectivity index (χ1) is 13.2. The third kappa shape index (κ3) is 3.62. The number of aromatic nitrogens is 1. The first-order valence-electron chi connectivity index (χ1n) is 9.17. The molecule has 3 aromatic rings. The normalized spacial score (nSPS) is 13.6. The van der Waals surface area contributed by atoms with Crippen molar-refractivity contribution in [2.75, 3.05) is 13.7 Å². The van der Waals surface area contributed by atoms with Gasteiger partial charge in [-0.1, -0.05) is 6.07 Å². The number of aromatic amines is 1. The summed E-state index contributed by atoms with van der Waals surface area (Å²) in [6.07, 6.45) is 3.22. The lowest BCUT2D eigenvalue weighted by atomic mass is 10.0. The monoisotopic (exact) mass is 382 g/mol. The number of aryl methyl sites for hydroxylation is 1. The molecule has 0 saturated heterocycles. The Morgan fingerprint density at radius 3 is 2.96 bits per heavy atom. The number of carbonyl (C=O) groups excluding carboxylic acids is 2. The van der Waals surface area contributed by atoms with E-state index in [-0.39, 0.29) is 11.9 Å². The maximum atomic E-state index is 12.7. The molecular weight excluding hydrogens is 360 g/mol. The lowest BCUT2D eigenvalue weighted by Gasteiger charge is -2.27. The summed E-state index contributed by atoms with van der Waals surface area (Å²) in [6, 6.07) is 9.71. The Bertz CT molecular complexity index is 975. The molecule has 0 radical (unpaired) electrons. The van der Waals surface area contributed by atoms with Gasteiger partial charge in [-0.2, -0.15) is 0 Å². The summed E-state index contributed by atoms with van der Waals surface area (Å²) in [7, 11) is 1.38. The van der Waals surface area contributed by atoms with E-state index in [0.717, 1.165) is 48.0 Å². The van der Waals surface area contributed by atoms with E-state index in [9.17, 15) is 9.59 Å². The van der Waals surface area contributed by atoms with E-state index >= 15 is 0 Å². The molecule has 0 aliphatic carbocycles. The summed E-state index contributed by atoms with van der Waals surface area (Å²) in [5.74, 6) is -0.139. The van der Waals surface area contributed by atoms with E-state index < -0.39 is 0 Å². The van der Waals surface area contributed by atoms with Gasteiger partial charge < -0.3 is 14.6 Å². The SMILES string of the molecule is COC(=O)c1ccc2[nH]c3c(c2c1)CN(C(=O)CCCc1cccs1)CC3. The second-order valence-electron chi connectivity index (χ2n) is 6.83. The molecule has 5 nitrogen and oxygen atoms in total. The minimum Gasteiger partial charge on any atom is -0.465 e. The highest BCUT2D eigenvalue weighted by Crippen LogP contribution is 2.29. The van der Waals surface area contributed by atoms with Crippen LogP contribution >= 0.6 is 11.3 Å². The Kier molecular flexibility index (Phi) is 4.99. The summed E-state index contributed by atoms with van der Waals surface area (Å²) in [6.45, 7) is 1.33. The van der Waals surface area contributed by atoms with Gasteiger partial charge >= 0.3 is 5.97 Å². The minimum atomic E-state index is -0.343. The molecule has 140 valence electrons. The topological polar surface area (TPSA) is 62.4 Å². The van der Waals surface area contributed by atoms with Crippen molar-refractivity contribution in [1.82, 2.24) is 9.88 Å². The molecule has 0 atom stereocenters. The number of ether oxygens (including phenoxy) is 1.